The lowest BCUT2D eigenvalue weighted by Gasteiger charge is -2.18. The quantitative estimate of drug-likeness (QED) is 0.739. The summed E-state index contributed by atoms with van der Waals surface area (Å²) >= 11 is 6.66. The van der Waals surface area contributed by atoms with E-state index in [0.717, 1.165) is 24.8 Å². The van der Waals surface area contributed by atoms with Crippen molar-refractivity contribution < 1.29 is 9.59 Å². The minimum atomic E-state index is -0.451. The number of nitrogens with two attached hydrogens (primary N) is 1. The maximum atomic E-state index is 11.8. The molecule has 2 amide bonds. The van der Waals surface area contributed by atoms with Gasteiger partial charge in [0.05, 0.1) is 5.56 Å². The molecule has 0 fully saturated rings. The molecule has 1 aliphatic rings. The third-order valence-corrected chi connectivity index (χ3v) is 5.12. The summed E-state index contributed by atoms with van der Waals surface area (Å²) in [6.07, 6.45) is 2.86. The number of nitrogens with one attached hydrogen (secondary N) is 2. The molecule has 120 valence electrons. The summed E-state index contributed by atoms with van der Waals surface area (Å²) in [6.45, 7) is 5.78. The van der Waals surface area contributed by atoms with Gasteiger partial charge in [0.2, 0.25) is 5.91 Å². The number of hydrogen-bond acceptors (Lipinski definition) is 4. The first-order valence-electron chi connectivity index (χ1n) is 7.35. The monoisotopic (exact) mass is 339 g/mol. The van der Waals surface area contributed by atoms with E-state index in [1.165, 1.54) is 16.2 Å². The van der Waals surface area contributed by atoms with Crippen molar-refractivity contribution in [3.63, 3.8) is 0 Å². The van der Waals surface area contributed by atoms with E-state index in [0.29, 0.717) is 16.5 Å². The number of carbonyl (C=O) groups excluding carboxylic acids is 2. The highest BCUT2D eigenvalue weighted by Crippen LogP contribution is 2.39. The Morgan fingerprint density at radius 2 is 2.09 bits per heavy atom. The lowest BCUT2D eigenvalue weighted by Crippen LogP contribution is -2.36. The largest absolute Gasteiger partial charge is 0.365 e. The molecule has 22 heavy (non-hydrogen) atoms. The molecule has 0 aromatic carbocycles. The Balaban J connectivity index is 2.22. The Kier molecular flexibility index (Phi) is 5.18. The van der Waals surface area contributed by atoms with E-state index < -0.39 is 5.91 Å². The number of anilines is 1. The van der Waals surface area contributed by atoms with Crippen LogP contribution in [0.4, 0.5) is 5.00 Å². The van der Waals surface area contributed by atoms with Crippen molar-refractivity contribution in [1.29, 1.82) is 0 Å². The number of carbonyl (C=O) groups is 2. The Bertz CT molecular complexity index is 623. The number of rotatable bonds is 3. The van der Waals surface area contributed by atoms with Gasteiger partial charge in [0.1, 0.15) is 5.00 Å². The minimum Gasteiger partial charge on any atom is -0.365 e. The second-order valence-corrected chi connectivity index (χ2v) is 7.53. The summed E-state index contributed by atoms with van der Waals surface area (Å²) in [5.41, 5.74) is 7.10. The van der Waals surface area contributed by atoms with Crippen molar-refractivity contribution in [2.45, 2.75) is 40.0 Å². The van der Waals surface area contributed by atoms with E-state index in [9.17, 15) is 9.59 Å². The van der Waals surface area contributed by atoms with E-state index in [-0.39, 0.29) is 16.9 Å². The highest BCUT2D eigenvalue weighted by molar-refractivity contribution is 7.80. The lowest BCUT2D eigenvalue weighted by molar-refractivity contribution is -0.122. The van der Waals surface area contributed by atoms with Crippen molar-refractivity contribution in [1.82, 2.24) is 5.32 Å². The van der Waals surface area contributed by atoms with Gasteiger partial charge in [0, 0.05) is 10.8 Å². The van der Waals surface area contributed by atoms with Crippen molar-refractivity contribution in [2.24, 2.45) is 17.6 Å². The maximum absolute atomic E-state index is 11.8. The normalized spacial score (nSPS) is 17.0. The Morgan fingerprint density at radius 1 is 1.41 bits per heavy atom. The molecule has 0 bridgehead atoms. The molecule has 1 atom stereocenters. The fraction of sp³-hybridized carbons (Fsp3) is 0.533. The van der Waals surface area contributed by atoms with Crippen LogP contribution >= 0.6 is 23.6 Å². The molecule has 0 saturated heterocycles. The van der Waals surface area contributed by atoms with Crippen LogP contribution in [0, 0.1) is 11.8 Å². The second kappa shape index (κ2) is 6.75. The topological polar surface area (TPSA) is 84.2 Å². The van der Waals surface area contributed by atoms with Gasteiger partial charge in [-0.1, -0.05) is 20.8 Å². The first kappa shape index (κ1) is 16.9. The zero-order valence-electron chi connectivity index (χ0n) is 13.0. The average Bonchev–Trinajstić information content (AvgIpc) is 2.74. The zero-order chi connectivity index (χ0) is 16.4. The van der Waals surface area contributed by atoms with Crippen molar-refractivity contribution in [3.8, 4) is 0 Å². The Labute approximate surface area is 139 Å². The van der Waals surface area contributed by atoms with E-state index in [1.807, 2.05) is 0 Å². The van der Waals surface area contributed by atoms with E-state index in [1.54, 1.807) is 13.8 Å². The number of thiocarbonyl (C=S) groups is 1. The number of hydrogen-bond donors (Lipinski definition) is 3. The van der Waals surface area contributed by atoms with Gasteiger partial charge < -0.3 is 16.4 Å². The fourth-order valence-electron chi connectivity index (χ4n) is 2.49. The van der Waals surface area contributed by atoms with Gasteiger partial charge in [-0.05, 0) is 43.0 Å². The smallest absolute Gasteiger partial charge is 0.251 e. The van der Waals surface area contributed by atoms with E-state index >= 15 is 0 Å². The Hall–Kier alpha value is -1.47. The molecule has 1 aromatic heterocycles. The molecular weight excluding hydrogens is 318 g/mol. The summed E-state index contributed by atoms with van der Waals surface area (Å²) in [6, 6.07) is 0. The van der Waals surface area contributed by atoms with Crippen LogP contribution in [0.25, 0.3) is 0 Å². The van der Waals surface area contributed by atoms with Crippen LogP contribution in [0.15, 0.2) is 0 Å². The molecule has 5 nitrogen and oxygen atoms in total. The number of amides is 2. The highest BCUT2D eigenvalue weighted by atomic mass is 32.1. The van der Waals surface area contributed by atoms with E-state index in [4.69, 9.17) is 18.0 Å². The van der Waals surface area contributed by atoms with Gasteiger partial charge in [-0.25, -0.2) is 0 Å². The molecule has 1 heterocycles. The van der Waals surface area contributed by atoms with E-state index in [2.05, 4.69) is 17.6 Å². The van der Waals surface area contributed by atoms with Gasteiger partial charge in [-0.15, -0.1) is 11.3 Å². The summed E-state index contributed by atoms with van der Waals surface area (Å²) in [7, 11) is 0. The molecule has 0 saturated carbocycles. The molecule has 1 aliphatic carbocycles. The molecule has 0 radical (unpaired) electrons. The maximum Gasteiger partial charge on any atom is 0.251 e. The van der Waals surface area contributed by atoms with Crippen LogP contribution in [0.3, 0.4) is 0 Å². The van der Waals surface area contributed by atoms with Gasteiger partial charge >= 0.3 is 0 Å². The molecule has 0 aliphatic heterocycles. The van der Waals surface area contributed by atoms with Crippen LogP contribution in [-0.4, -0.2) is 16.9 Å². The fourth-order valence-corrected chi connectivity index (χ4v) is 4.18. The summed E-state index contributed by atoms with van der Waals surface area (Å²) < 4.78 is 0. The predicted molar refractivity (Wildman–Crippen MR) is 93.2 cm³/mol. The van der Waals surface area contributed by atoms with Crippen molar-refractivity contribution >= 4 is 45.5 Å². The third-order valence-electron chi connectivity index (χ3n) is 3.75. The van der Waals surface area contributed by atoms with Crippen molar-refractivity contribution in [2.75, 3.05) is 5.32 Å². The Morgan fingerprint density at radius 3 is 2.68 bits per heavy atom. The van der Waals surface area contributed by atoms with Crippen LogP contribution in [-0.2, 0) is 17.6 Å². The first-order valence-corrected chi connectivity index (χ1v) is 8.58. The molecule has 7 heteroatoms. The zero-order valence-corrected chi connectivity index (χ0v) is 14.6. The molecule has 2 rings (SSSR count). The van der Waals surface area contributed by atoms with Crippen LogP contribution in [0.1, 0.15) is 48.0 Å². The van der Waals surface area contributed by atoms with Gasteiger partial charge in [-0.2, -0.15) is 0 Å². The second-order valence-electron chi connectivity index (χ2n) is 6.02. The molecule has 0 unspecified atom stereocenters. The van der Waals surface area contributed by atoms with Crippen molar-refractivity contribution in [3.05, 3.63) is 16.0 Å². The molecule has 4 N–H and O–H groups in total. The van der Waals surface area contributed by atoms with Gasteiger partial charge in [0.25, 0.3) is 5.91 Å². The van der Waals surface area contributed by atoms with Crippen LogP contribution in [0.5, 0.6) is 0 Å². The summed E-state index contributed by atoms with van der Waals surface area (Å²) in [5, 5.41) is 6.43. The van der Waals surface area contributed by atoms with Gasteiger partial charge in [0.15, 0.2) is 5.11 Å². The number of primary amides is 1. The summed E-state index contributed by atoms with van der Waals surface area (Å²) in [4.78, 5) is 24.7. The molecule has 0 spiro atoms. The minimum absolute atomic E-state index is 0.159. The average molecular weight is 339 g/mol. The highest BCUT2D eigenvalue weighted by Gasteiger charge is 2.27. The lowest BCUT2D eigenvalue weighted by atomic mass is 9.88. The third kappa shape index (κ3) is 3.64. The SMILES string of the molecule is CC(C)C(=O)NC(=S)Nc1sc2c(c1C(N)=O)CC[C@H](C)C2. The van der Waals surface area contributed by atoms with Crippen LogP contribution < -0.4 is 16.4 Å². The molecular formula is C15H21N3O2S2. The van der Waals surface area contributed by atoms with Gasteiger partial charge in [-0.3, -0.25) is 9.59 Å². The number of fused-ring (bicyclic) bond motifs is 1. The number of thiophene rings is 1. The predicted octanol–water partition coefficient (Wildman–Crippen LogP) is 2.44. The summed E-state index contributed by atoms with van der Waals surface area (Å²) in [5.74, 6) is -0.166. The first-order chi connectivity index (χ1) is 10.3. The standard InChI is InChI=1S/C15H21N3O2S2/c1-7(2)13(20)17-15(21)18-14-11(12(16)19)9-5-4-8(3)6-10(9)22-14/h7-8H,4-6H2,1-3H3,(H2,16,19)(H2,17,18,20,21)/t8-/m0/s1. The van der Waals surface area contributed by atoms with Crippen LogP contribution in [0.2, 0.25) is 0 Å². The molecule has 1 aromatic rings.